The lowest BCUT2D eigenvalue weighted by atomic mass is 10.1. The molecule has 0 radical (unpaired) electrons. The fourth-order valence-electron chi connectivity index (χ4n) is 1.59. The first kappa shape index (κ1) is 14.0. The molecule has 0 aromatic heterocycles. The van der Waals surface area contributed by atoms with Crippen molar-refractivity contribution in [3.05, 3.63) is 57.8 Å². The molecule has 0 saturated heterocycles. The summed E-state index contributed by atoms with van der Waals surface area (Å²) in [6.45, 7) is 1.91. The third-order valence-corrected chi connectivity index (χ3v) is 3.23. The van der Waals surface area contributed by atoms with Gasteiger partial charge in [-0.2, -0.15) is 0 Å². The van der Waals surface area contributed by atoms with Crippen molar-refractivity contribution in [2.75, 3.05) is 0 Å². The topological polar surface area (TPSA) is 35.2 Å². The van der Waals surface area contributed by atoms with Gasteiger partial charge in [-0.05, 0) is 42.8 Å². The molecule has 0 saturated carbocycles. The van der Waals surface area contributed by atoms with Gasteiger partial charge in [0, 0.05) is 4.47 Å². The van der Waals surface area contributed by atoms with Crippen LogP contribution in [0.25, 0.3) is 0 Å². The number of halogens is 2. The van der Waals surface area contributed by atoms with Crippen LogP contribution in [0.1, 0.15) is 11.1 Å². The predicted molar refractivity (Wildman–Crippen MR) is 81.2 cm³/mol. The minimum atomic E-state index is -0.446. The van der Waals surface area contributed by atoms with Crippen molar-refractivity contribution in [1.29, 1.82) is 0 Å². The maximum absolute atomic E-state index is 13.7. The van der Waals surface area contributed by atoms with Gasteiger partial charge in [-0.25, -0.2) is 4.39 Å². The Bertz CT molecular complexity index is 645. The second-order valence-electron chi connectivity index (χ2n) is 4.04. The van der Waals surface area contributed by atoms with Gasteiger partial charge < -0.3 is 10.5 Å². The molecule has 0 aliphatic carbocycles. The molecular weight excluding hydrogens is 329 g/mol. The molecule has 0 unspecified atom stereocenters. The summed E-state index contributed by atoms with van der Waals surface area (Å²) in [5.41, 5.74) is 7.20. The van der Waals surface area contributed by atoms with E-state index in [1.807, 2.05) is 13.0 Å². The molecule has 2 aromatic carbocycles. The molecule has 2 N–H and O–H groups in total. The Balaban J connectivity index is 2.45. The van der Waals surface area contributed by atoms with Crippen LogP contribution in [0.5, 0.6) is 11.5 Å². The zero-order chi connectivity index (χ0) is 14.0. The smallest absolute Gasteiger partial charge is 0.165 e. The van der Waals surface area contributed by atoms with Crippen molar-refractivity contribution in [3.63, 3.8) is 0 Å². The van der Waals surface area contributed by atoms with Crippen LogP contribution in [0.3, 0.4) is 0 Å². The molecule has 19 heavy (non-hydrogen) atoms. The van der Waals surface area contributed by atoms with Crippen LogP contribution >= 0.6 is 28.1 Å². The Morgan fingerprint density at radius 3 is 2.63 bits per heavy atom. The summed E-state index contributed by atoms with van der Waals surface area (Å²) in [5.74, 6) is 0.126. The summed E-state index contributed by atoms with van der Waals surface area (Å²) in [7, 11) is 0. The van der Waals surface area contributed by atoms with E-state index in [1.54, 1.807) is 24.3 Å². The fourth-order valence-corrected chi connectivity index (χ4v) is 2.10. The summed E-state index contributed by atoms with van der Waals surface area (Å²) < 4.78 is 20.0. The highest BCUT2D eigenvalue weighted by molar-refractivity contribution is 9.10. The zero-order valence-corrected chi connectivity index (χ0v) is 12.5. The number of rotatable bonds is 3. The fraction of sp³-hybridized carbons (Fsp3) is 0.0714. The number of hydrogen-bond acceptors (Lipinski definition) is 2. The van der Waals surface area contributed by atoms with E-state index < -0.39 is 5.82 Å². The van der Waals surface area contributed by atoms with E-state index in [-0.39, 0.29) is 10.7 Å². The predicted octanol–water partition coefficient (Wildman–Crippen LogP) is 4.32. The summed E-state index contributed by atoms with van der Waals surface area (Å²) >= 11 is 8.24. The Labute approximate surface area is 124 Å². The molecule has 98 valence electrons. The minimum Gasteiger partial charge on any atom is -0.453 e. The second kappa shape index (κ2) is 5.67. The first-order chi connectivity index (χ1) is 8.97. The highest BCUT2D eigenvalue weighted by Crippen LogP contribution is 2.30. The summed E-state index contributed by atoms with van der Waals surface area (Å²) in [6.07, 6.45) is 0. The number of aryl methyl sites for hydroxylation is 1. The molecule has 0 heterocycles. The summed E-state index contributed by atoms with van der Waals surface area (Å²) in [6, 6.07) is 9.90. The monoisotopic (exact) mass is 339 g/mol. The minimum absolute atomic E-state index is 0.123. The van der Waals surface area contributed by atoms with Crippen LogP contribution in [-0.2, 0) is 0 Å². The van der Waals surface area contributed by atoms with Crippen molar-refractivity contribution >= 4 is 33.1 Å². The number of benzene rings is 2. The Morgan fingerprint density at radius 1 is 1.21 bits per heavy atom. The van der Waals surface area contributed by atoms with Gasteiger partial charge in [0.05, 0.1) is 5.56 Å². The normalized spacial score (nSPS) is 10.3. The van der Waals surface area contributed by atoms with Crippen LogP contribution < -0.4 is 10.5 Å². The van der Waals surface area contributed by atoms with Gasteiger partial charge in [0.1, 0.15) is 10.7 Å². The second-order valence-corrected chi connectivity index (χ2v) is 5.40. The van der Waals surface area contributed by atoms with Gasteiger partial charge in [-0.3, -0.25) is 0 Å². The van der Waals surface area contributed by atoms with Crippen molar-refractivity contribution in [3.8, 4) is 11.5 Å². The maximum atomic E-state index is 13.7. The van der Waals surface area contributed by atoms with Gasteiger partial charge in [0.2, 0.25) is 0 Å². The molecule has 0 aliphatic rings. The average Bonchev–Trinajstić information content (AvgIpc) is 2.33. The summed E-state index contributed by atoms with van der Waals surface area (Å²) in [4.78, 5) is 0.213. The van der Waals surface area contributed by atoms with Crippen LogP contribution in [-0.4, -0.2) is 4.99 Å². The van der Waals surface area contributed by atoms with Gasteiger partial charge in [-0.15, -0.1) is 0 Å². The highest BCUT2D eigenvalue weighted by Gasteiger charge is 2.11. The average molecular weight is 340 g/mol. The number of nitrogens with two attached hydrogens (primary N) is 1. The van der Waals surface area contributed by atoms with E-state index in [0.717, 1.165) is 10.0 Å². The molecule has 2 rings (SSSR count). The SMILES string of the molecule is Cc1ccc(C(N)=S)c(Oc2cc(Br)ccc2F)c1. The lowest BCUT2D eigenvalue weighted by molar-refractivity contribution is 0.441. The van der Waals surface area contributed by atoms with E-state index in [4.69, 9.17) is 22.7 Å². The van der Waals surface area contributed by atoms with Crippen molar-refractivity contribution < 1.29 is 9.13 Å². The number of thiocarbonyl (C=S) groups is 1. The van der Waals surface area contributed by atoms with Gasteiger partial charge >= 0.3 is 0 Å². The van der Waals surface area contributed by atoms with E-state index in [9.17, 15) is 4.39 Å². The lowest BCUT2D eigenvalue weighted by Crippen LogP contribution is -2.11. The zero-order valence-electron chi connectivity index (χ0n) is 10.1. The van der Waals surface area contributed by atoms with Crippen LogP contribution in [0.2, 0.25) is 0 Å². The van der Waals surface area contributed by atoms with Crippen molar-refractivity contribution in [2.45, 2.75) is 6.92 Å². The van der Waals surface area contributed by atoms with Crippen molar-refractivity contribution in [1.82, 2.24) is 0 Å². The molecule has 0 atom stereocenters. The molecule has 5 heteroatoms. The van der Waals surface area contributed by atoms with Crippen LogP contribution in [0.4, 0.5) is 4.39 Å². The van der Waals surface area contributed by atoms with Crippen molar-refractivity contribution in [2.24, 2.45) is 5.73 Å². The highest BCUT2D eigenvalue weighted by atomic mass is 79.9. The largest absolute Gasteiger partial charge is 0.453 e. The number of ether oxygens (including phenoxy) is 1. The van der Waals surface area contributed by atoms with Crippen LogP contribution in [0.15, 0.2) is 40.9 Å². The molecule has 2 aromatic rings. The Kier molecular flexibility index (Phi) is 4.17. The van der Waals surface area contributed by atoms with Gasteiger partial charge in [0.25, 0.3) is 0 Å². The first-order valence-corrected chi connectivity index (χ1v) is 6.71. The quantitative estimate of drug-likeness (QED) is 0.845. The van der Waals surface area contributed by atoms with Crippen LogP contribution in [0, 0.1) is 12.7 Å². The molecule has 0 fully saturated rings. The van der Waals surface area contributed by atoms with E-state index in [0.29, 0.717) is 11.3 Å². The lowest BCUT2D eigenvalue weighted by Gasteiger charge is -2.12. The molecule has 0 spiro atoms. The Morgan fingerprint density at radius 2 is 1.95 bits per heavy atom. The number of hydrogen-bond donors (Lipinski definition) is 1. The Hall–Kier alpha value is -1.46. The standard InChI is InChI=1S/C14H11BrFNOS/c1-8-2-4-10(14(17)19)12(6-8)18-13-7-9(15)3-5-11(13)16/h2-7H,1H3,(H2,17,19). The van der Waals surface area contributed by atoms with E-state index >= 15 is 0 Å². The molecular formula is C14H11BrFNOS. The molecule has 0 amide bonds. The van der Waals surface area contributed by atoms with Gasteiger partial charge in [0.15, 0.2) is 11.6 Å². The third-order valence-electron chi connectivity index (χ3n) is 2.52. The van der Waals surface area contributed by atoms with Gasteiger partial charge in [-0.1, -0.05) is 34.2 Å². The molecule has 0 aliphatic heterocycles. The van der Waals surface area contributed by atoms with E-state index in [2.05, 4.69) is 15.9 Å². The molecule has 0 bridgehead atoms. The first-order valence-electron chi connectivity index (χ1n) is 5.51. The van der Waals surface area contributed by atoms with E-state index in [1.165, 1.54) is 6.07 Å². The maximum Gasteiger partial charge on any atom is 0.165 e. The summed E-state index contributed by atoms with van der Waals surface area (Å²) in [5, 5.41) is 0. The third kappa shape index (κ3) is 3.30. The molecule has 2 nitrogen and oxygen atoms in total.